The fraction of sp³-hybridized carbons (Fsp3) is 0. The van der Waals surface area contributed by atoms with Gasteiger partial charge in [-0.1, -0.05) is 18.2 Å². The van der Waals surface area contributed by atoms with E-state index in [-0.39, 0.29) is 0 Å². The summed E-state index contributed by atoms with van der Waals surface area (Å²) in [6.45, 7) is 0. The van der Waals surface area contributed by atoms with Gasteiger partial charge >= 0.3 is 0 Å². The van der Waals surface area contributed by atoms with Crippen LogP contribution in [0.25, 0.3) is 0 Å². The van der Waals surface area contributed by atoms with Gasteiger partial charge in [0.05, 0.1) is 0 Å². The molecule has 0 unspecified atom stereocenters. The third-order valence-corrected chi connectivity index (χ3v) is 2.11. The van der Waals surface area contributed by atoms with E-state index in [1.165, 1.54) is 6.33 Å². The van der Waals surface area contributed by atoms with Crippen LogP contribution < -0.4 is 5.32 Å². The van der Waals surface area contributed by atoms with Gasteiger partial charge in [0.25, 0.3) is 0 Å². The number of benzene rings is 1. The summed E-state index contributed by atoms with van der Waals surface area (Å²) in [5, 5.41) is 3.16. The molecule has 0 aliphatic carbocycles. The average molecular weight is 250 g/mol. The molecule has 0 atom stereocenters. The highest BCUT2D eigenvalue weighted by Crippen LogP contribution is 2.15. The Morgan fingerprint density at radius 3 is 2.57 bits per heavy atom. The molecule has 3 nitrogen and oxygen atoms in total. The molecule has 0 spiro atoms. The van der Waals surface area contributed by atoms with Gasteiger partial charge in [0.2, 0.25) is 0 Å². The lowest BCUT2D eigenvalue weighted by atomic mass is 10.3. The van der Waals surface area contributed by atoms with Gasteiger partial charge in [-0.05, 0) is 28.1 Å². The van der Waals surface area contributed by atoms with Crippen molar-refractivity contribution in [3.05, 3.63) is 47.3 Å². The van der Waals surface area contributed by atoms with Crippen LogP contribution in [0.5, 0.6) is 0 Å². The number of rotatable bonds is 2. The zero-order chi connectivity index (χ0) is 9.80. The number of hydrogen-bond donors (Lipinski definition) is 1. The molecule has 0 fully saturated rings. The second kappa shape index (κ2) is 4.19. The maximum atomic E-state index is 4.08. The molecule has 0 saturated carbocycles. The van der Waals surface area contributed by atoms with Crippen LogP contribution in [0.3, 0.4) is 0 Å². The Balaban J connectivity index is 2.19. The average Bonchev–Trinajstić information content (AvgIpc) is 2.19. The van der Waals surface area contributed by atoms with Gasteiger partial charge in [-0.3, -0.25) is 0 Å². The van der Waals surface area contributed by atoms with Gasteiger partial charge in [0.1, 0.15) is 16.7 Å². The maximum absolute atomic E-state index is 4.08. The molecule has 4 heteroatoms. The predicted octanol–water partition coefficient (Wildman–Crippen LogP) is 2.98. The van der Waals surface area contributed by atoms with Crippen LogP contribution in [0, 0.1) is 0 Å². The third-order valence-electron chi connectivity index (χ3n) is 1.68. The number of halogens is 1. The van der Waals surface area contributed by atoms with Gasteiger partial charge in [-0.2, -0.15) is 0 Å². The first-order valence-electron chi connectivity index (χ1n) is 4.14. The molecule has 0 radical (unpaired) electrons. The topological polar surface area (TPSA) is 37.8 Å². The number of nitrogens with one attached hydrogen (secondary N) is 1. The molecule has 2 rings (SSSR count). The first-order chi connectivity index (χ1) is 6.84. The van der Waals surface area contributed by atoms with E-state index in [1.54, 1.807) is 0 Å². The summed E-state index contributed by atoms with van der Waals surface area (Å²) in [5.74, 6) is 0.776. The molecule has 0 bridgehead atoms. The Morgan fingerprint density at radius 2 is 1.86 bits per heavy atom. The predicted molar refractivity (Wildman–Crippen MR) is 59.5 cm³/mol. The van der Waals surface area contributed by atoms with Crippen molar-refractivity contribution in [1.29, 1.82) is 0 Å². The molecule has 2 aromatic rings. The molecule has 1 aromatic heterocycles. The van der Waals surface area contributed by atoms with Crippen molar-refractivity contribution >= 4 is 27.4 Å². The molecule has 70 valence electrons. The van der Waals surface area contributed by atoms with Gasteiger partial charge in [-0.15, -0.1) is 0 Å². The smallest absolute Gasteiger partial charge is 0.134 e. The molecule has 1 N–H and O–H groups in total. The van der Waals surface area contributed by atoms with Crippen LogP contribution in [-0.2, 0) is 0 Å². The first kappa shape index (κ1) is 9.15. The number of nitrogens with zero attached hydrogens (tertiary/aromatic N) is 2. The molecule has 0 saturated heterocycles. The largest absolute Gasteiger partial charge is 0.340 e. The van der Waals surface area contributed by atoms with E-state index < -0.39 is 0 Å². The lowest BCUT2D eigenvalue weighted by molar-refractivity contribution is 1.14. The summed E-state index contributed by atoms with van der Waals surface area (Å²) in [6, 6.07) is 11.7. The quantitative estimate of drug-likeness (QED) is 0.832. The SMILES string of the molecule is Brc1cc(Nc2ccccc2)ncn1. The van der Waals surface area contributed by atoms with E-state index in [1.807, 2.05) is 36.4 Å². The minimum absolute atomic E-state index is 0.769. The monoisotopic (exact) mass is 249 g/mol. The number of aromatic nitrogens is 2. The summed E-state index contributed by atoms with van der Waals surface area (Å²) in [6.07, 6.45) is 1.51. The Bertz CT molecular complexity index is 417. The van der Waals surface area contributed by atoms with E-state index in [4.69, 9.17) is 0 Å². The summed E-state index contributed by atoms with van der Waals surface area (Å²) < 4.78 is 0.769. The summed E-state index contributed by atoms with van der Waals surface area (Å²) >= 11 is 3.28. The minimum atomic E-state index is 0.769. The lowest BCUT2D eigenvalue weighted by Gasteiger charge is -2.04. The van der Waals surface area contributed by atoms with E-state index in [0.29, 0.717) is 0 Å². The van der Waals surface area contributed by atoms with Crippen molar-refractivity contribution in [3.8, 4) is 0 Å². The van der Waals surface area contributed by atoms with Gasteiger partial charge in [0, 0.05) is 11.8 Å². The number of hydrogen-bond acceptors (Lipinski definition) is 3. The van der Waals surface area contributed by atoms with Crippen molar-refractivity contribution in [1.82, 2.24) is 9.97 Å². The Kier molecular flexibility index (Phi) is 2.74. The van der Waals surface area contributed by atoms with E-state index in [9.17, 15) is 0 Å². The first-order valence-corrected chi connectivity index (χ1v) is 4.93. The van der Waals surface area contributed by atoms with Crippen LogP contribution in [0.2, 0.25) is 0 Å². The molecule has 1 aromatic carbocycles. The van der Waals surface area contributed by atoms with Crippen molar-refractivity contribution in [2.24, 2.45) is 0 Å². The number of para-hydroxylation sites is 1. The van der Waals surface area contributed by atoms with Crippen LogP contribution in [-0.4, -0.2) is 9.97 Å². The van der Waals surface area contributed by atoms with Gasteiger partial charge in [-0.25, -0.2) is 9.97 Å². The molecular formula is C10H8BrN3. The second-order valence-corrected chi connectivity index (χ2v) is 3.53. The highest BCUT2D eigenvalue weighted by molar-refractivity contribution is 9.10. The minimum Gasteiger partial charge on any atom is -0.340 e. The Labute approximate surface area is 90.3 Å². The van der Waals surface area contributed by atoms with Crippen LogP contribution >= 0.6 is 15.9 Å². The van der Waals surface area contributed by atoms with Crippen LogP contribution in [0.4, 0.5) is 11.5 Å². The lowest BCUT2D eigenvalue weighted by Crippen LogP contribution is -1.93. The van der Waals surface area contributed by atoms with Gasteiger partial charge < -0.3 is 5.32 Å². The Morgan fingerprint density at radius 1 is 1.07 bits per heavy atom. The summed E-state index contributed by atoms with van der Waals surface area (Å²) in [7, 11) is 0. The number of anilines is 2. The fourth-order valence-electron chi connectivity index (χ4n) is 1.07. The maximum Gasteiger partial charge on any atom is 0.134 e. The molecule has 0 amide bonds. The zero-order valence-corrected chi connectivity index (χ0v) is 8.90. The molecule has 14 heavy (non-hydrogen) atoms. The fourth-order valence-corrected chi connectivity index (χ4v) is 1.38. The van der Waals surface area contributed by atoms with Crippen molar-refractivity contribution < 1.29 is 0 Å². The highest BCUT2D eigenvalue weighted by Gasteiger charge is 1.95. The zero-order valence-electron chi connectivity index (χ0n) is 7.31. The Hall–Kier alpha value is -1.42. The summed E-state index contributed by atoms with van der Waals surface area (Å²) in [4.78, 5) is 8.03. The molecule has 0 aliphatic rings. The van der Waals surface area contributed by atoms with Crippen LogP contribution in [0.1, 0.15) is 0 Å². The summed E-state index contributed by atoms with van der Waals surface area (Å²) in [5.41, 5.74) is 1.01. The van der Waals surface area contributed by atoms with Crippen molar-refractivity contribution in [2.45, 2.75) is 0 Å². The van der Waals surface area contributed by atoms with E-state index >= 15 is 0 Å². The molecule has 1 heterocycles. The normalized spacial score (nSPS) is 9.79. The molecular weight excluding hydrogens is 242 g/mol. The highest BCUT2D eigenvalue weighted by atomic mass is 79.9. The van der Waals surface area contributed by atoms with Crippen molar-refractivity contribution in [2.75, 3.05) is 5.32 Å². The second-order valence-electron chi connectivity index (χ2n) is 2.72. The third kappa shape index (κ3) is 2.29. The molecule has 0 aliphatic heterocycles. The van der Waals surface area contributed by atoms with Crippen LogP contribution in [0.15, 0.2) is 47.3 Å². The van der Waals surface area contributed by atoms with E-state index in [2.05, 4.69) is 31.2 Å². The van der Waals surface area contributed by atoms with Gasteiger partial charge in [0.15, 0.2) is 0 Å². The standard InChI is InChI=1S/C10H8BrN3/c11-9-6-10(13-7-12-9)14-8-4-2-1-3-5-8/h1-7H,(H,12,13,14). The van der Waals surface area contributed by atoms with E-state index in [0.717, 1.165) is 16.1 Å². The van der Waals surface area contributed by atoms with Crippen molar-refractivity contribution in [3.63, 3.8) is 0 Å².